The summed E-state index contributed by atoms with van der Waals surface area (Å²) < 4.78 is 4.69. The van der Waals surface area contributed by atoms with E-state index in [4.69, 9.17) is 5.11 Å². The fraction of sp³-hybridized carbons (Fsp3) is 0.500. The van der Waals surface area contributed by atoms with Crippen molar-refractivity contribution in [2.45, 2.75) is 40.2 Å². The molecule has 0 unspecified atom stereocenters. The minimum absolute atomic E-state index is 0.00440. The van der Waals surface area contributed by atoms with Crippen LogP contribution in [0.2, 0.25) is 0 Å². The van der Waals surface area contributed by atoms with Gasteiger partial charge in [0.25, 0.3) is 0 Å². The molecule has 0 aliphatic carbocycles. The van der Waals surface area contributed by atoms with Gasteiger partial charge < -0.3 is 5.11 Å². The van der Waals surface area contributed by atoms with Crippen LogP contribution >= 0.6 is 15.9 Å². The number of carbonyl (C=O) groups is 1. The van der Waals surface area contributed by atoms with Crippen LogP contribution in [-0.4, -0.2) is 30.6 Å². The van der Waals surface area contributed by atoms with Gasteiger partial charge in [-0.3, -0.25) is 14.2 Å². The monoisotopic (exact) mass is 354 g/mol. The fourth-order valence-electron chi connectivity index (χ4n) is 2.43. The summed E-state index contributed by atoms with van der Waals surface area (Å²) in [5.41, 5.74) is 4.49. The Morgan fingerprint density at radius 3 is 2.52 bits per heavy atom. The average Bonchev–Trinajstić information content (AvgIpc) is 2.83. The molecule has 114 valence electrons. The predicted molar refractivity (Wildman–Crippen MR) is 82.4 cm³/mol. The van der Waals surface area contributed by atoms with Crippen LogP contribution in [0.4, 0.5) is 0 Å². The number of aromatic nitrogens is 4. The van der Waals surface area contributed by atoms with Gasteiger partial charge in [0.05, 0.1) is 34.5 Å². The van der Waals surface area contributed by atoms with Crippen LogP contribution in [0.5, 0.6) is 0 Å². The Balaban J connectivity index is 2.37. The highest BCUT2D eigenvalue weighted by molar-refractivity contribution is 9.10. The van der Waals surface area contributed by atoms with E-state index in [0.29, 0.717) is 6.54 Å². The smallest absolute Gasteiger partial charge is 0.307 e. The minimum Gasteiger partial charge on any atom is -0.481 e. The molecule has 0 saturated heterocycles. The molecule has 0 aromatic carbocycles. The fourth-order valence-corrected chi connectivity index (χ4v) is 3.17. The van der Waals surface area contributed by atoms with E-state index in [9.17, 15) is 4.79 Å². The summed E-state index contributed by atoms with van der Waals surface area (Å²) in [5.74, 6) is -0.837. The van der Waals surface area contributed by atoms with Gasteiger partial charge in [0, 0.05) is 18.3 Å². The third-order valence-electron chi connectivity index (χ3n) is 3.66. The number of carboxylic acid groups (broad SMARTS) is 1. The van der Waals surface area contributed by atoms with E-state index in [-0.39, 0.29) is 6.42 Å². The lowest BCUT2D eigenvalue weighted by Gasteiger charge is -2.06. The van der Waals surface area contributed by atoms with Crippen molar-refractivity contribution >= 4 is 21.9 Å². The zero-order valence-corrected chi connectivity index (χ0v) is 14.2. The molecule has 2 aromatic rings. The molecule has 21 heavy (non-hydrogen) atoms. The molecule has 1 N–H and O–H groups in total. The molecular weight excluding hydrogens is 336 g/mol. The van der Waals surface area contributed by atoms with Crippen molar-refractivity contribution in [2.75, 3.05) is 0 Å². The summed E-state index contributed by atoms with van der Waals surface area (Å²) in [6.45, 7) is 6.38. The lowest BCUT2D eigenvalue weighted by atomic mass is 10.1. The van der Waals surface area contributed by atoms with E-state index in [1.807, 2.05) is 30.3 Å². The van der Waals surface area contributed by atoms with E-state index < -0.39 is 5.97 Å². The molecule has 2 aromatic heterocycles. The van der Waals surface area contributed by atoms with E-state index in [1.165, 1.54) is 0 Å². The standard InChI is InChI=1S/C14H19BrN4O2/c1-5-11-14(15)12(18(4)17-11)7-19-9(3)10(6-13(20)21)8(2)16-19/h5-7H2,1-4H3,(H,20,21). The van der Waals surface area contributed by atoms with E-state index in [1.54, 1.807) is 0 Å². The van der Waals surface area contributed by atoms with Crippen LogP contribution in [0.25, 0.3) is 0 Å². The molecule has 0 atom stereocenters. The zero-order valence-electron chi connectivity index (χ0n) is 12.6. The van der Waals surface area contributed by atoms with E-state index >= 15 is 0 Å². The maximum Gasteiger partial charge on any atom is 0.307 e. The first-order valence-corrected chi connectivity index (χ1v) is 7.59. The summed E-state index contributed by atoms with van der Waals surface area (Å²) in [6, 6.07) is 0. The van der Waals surface area contributed by atoms with Crippen molar-refractivity contribution in [1.29, 1.82) is 0 Å². The first kappa shape index (κ1) is 15.8. The predicted octanol–water partition coefficient (Wildman–Crippen LogP) is 2.23. The number of nitrogens with zero attached hydrogens (tertiary/aromatic N) is 4. The Kier molecular flexibility index (Phi) is 4.51. The van der Waals surface area contributed by atoms with E-state index in [2.05, 4.69) is 33.1 Å². The van der Waals surface area contributed by atoms with Crippen molar-refractivity contribution in [1.82, 2.24) is 19.6 Å². The molecule has 0 amide bonds. The summed E-state index contributed by atoms with van der Waals surface area (Å²) in [7, 11) is 1.91. The third kappa shape index (κ3) is 3.02. The lowest BCUT2D eigenvalue weighted by molar-refractivity contribution is -0.136. The topological polar surface area (TPSA) is 72.9 Å². The molecule has 0 radical (unpaired) electrons. The average molecular weight is 355 g/mol. The molecule has 0 saturated carbocycles. The minimum atomic E-state index is -0.837. The Bertz CT molecular complexity index is 688. The van der Waals surface area contributed by atoms with Crippen LogP contribution in [0.1, 0.15) is 35.3 Å². The number of rotatable bonds is 5. The van der Waals surface area contributed by atoms with Gasteiger partial charge in [0.2, 0.25) is 0 Å². The van der Waals surface area contributed by atoms with Crippen LogP contribution in [0.3, 0.4) is 0 Å². The summed E-state index contributed by atoms with van der Waals surface area (Å²) in [5, 5.41) is 17.9. The van der Waals surface area contributed by atoms with E-state index in [0.717, 1.165) is 39.2 Å². The highest BCUT2D eigenvalue weighted by atomic mass is 79.9. The first-order valence-electron chi connectivity index (χ1n) is 6.80. The number of aryl methyl sites for hydroxylation is 3. The zero-order chi connectivity index (χ0) is 15.7. The summed E-state index contributed by atoms with van der Waals surface area (Å²) in [6.07, 6.45) is 0.861. The maximum absolute atomic E-state index is 10.9. The van der Waals surface area contributed by atoms with Gasteiger partial charge >= 0.3 is 5.97 Å². The first-order chi connectivity index (χ1) is 9.85. The number of aliphatic carboxylic acids is 1. The highest BCUT2D eigenvalue weighted by Gasteiger charge is 2.18. The van der Waals surface area contributed by atoms with Gasteiger partial charge in [-0.05, 0) is 36.2 Å². The molecule has 2 heterocycles. The lowest BCUT2D eigenvalue weighted by Crippen LogP contribution is -2.09. The molecule has 0 bridgehead atoms. The molecule has 6 nitrogen and oxygen atoms in total. The number of halogens is 1. The molecule has 7 heteroatoms. The largest absolute Gasteiger partial charge is 0.481 e. The second kappa shape index (κ2) is 6.01. The summed E-state index contributed by atoms with van der Waals surface area (Å²) in [4.78, 5) is 10.9. The van der Waals surface area contributed by atoms with Gasteiger partial charge in [-0.2, -0.15) is 10.2 Å². The van der Waals surface area contributed by atoms with Crippen LogP contribution < -0.4 is 0 Å². The summed E-state index contributed by atoms with van der Waals surface area (Å²) >= 11 is 3.59. The molecular formula is C14H19BrN4O2. The van der Waals surface area contributed by atoms with Crippen LogP contribution in [0.15, 0.2) is 4.47 Å². The van der Waals surface area contributed by atoms with Crippen molar-refractivity contribution in [2.24, 2.45) is 7.05 Å². The second-order valence-corrected chi connectivity index (χ2v) is 5.86. The molecule has 0 aliphatic rings. The van der Waals surface area contributed by atoms with Gasteiger partial charge in [-0.25, -0.2) is 0 Å². The third-order valence-corrected chi connectivity index (χ3v) is 4.58. The van der Waals surface area contributed by atoms with Crippen molar-refractivity contribution in [3.8, 4) is 0 Å². The molecule has 0 aliphatic heterocycles. The molecule has 0 fully saturated rings. The Morgan fingerprint density at radius 1 is 1.33 bits per heavy atom. The second-order valence-electron chi connectivity index (χ2n) is 5.06. The van der Waals surface area contributed by atoms with Crippen molar-refractivity contribution in [3.63, 3.8) is 0 Å². The van der Waals surface area contributed by atoms with Gasteiger partial charge in [-0.15, -0.1) is 0 Å². The molecule has 2 rings (SSSR count). The van der Waals surface area contributed by atoms with Gasteiger partial charge in [0.1, 0.15) is 0 Å². The number of hydrogen-bond donors (Lipinski definition) is 1. The molecule has 0 spiro atoms. The highest BCUT2D eigenvalue weighted by Crippen LogP contribution is 2.23. The van der Waals surface area contributed by atoms with Crippen LogP contribution in [-0.2, 0) is 31.2 Å². The Morgan fingerprint density at radius 2 is 2.00 bits per heavy atom. The Hall–Kier alpha value is -1.63. The van der Waals surface area contributed by atoms with Crippen molar-refractivity contribution < 1.29 is 9.90 Å². The normalized spacial score (nSPS) is 11.1. The SMILES string of the molecule is CCc1nn(C)c(Cn2nc(C)c(CC(=O)O)c2C)c1Br. The Labute approximate surface area is 131 Å². The van der Waals surface area contributed by atoms with Gasteiger partial charge in [-0.1, -0.05) is 6.92 Å². The number of hydrogen-bond acceptors (Lipinski definition) is 3. The van der Waals surface area contributed by atoms with Gasteiger partial charge in [0.15, 0.2) is 0 Å². The quantitative estimate of drug-likeness (QED) is 0.893. The van der Waals surface area contributed by atoms with Crippen LogP contribution in [0, 0.1) is 13.8 Å². The number of carboxylic acids is 1. The maximum atomic E-state index is 10.9. The van der Waals surface area contributed by atoms with Crippen molar-refractivity contribution in [3.05, 3.63) is 32.8 Å².